The lowest BCUT2D eigenvalue weighted by molar-refractivity contribution is 0.287. The highest BCUT2D eigenvalue weighted by atomic mass is 35.5. The van der Waals surface area contributed by atoms with Gasteiger partial charge in [0.05, 0.1) is 18.1 Å². The van der Waals surface area contributed by atoms with E-state index in [4.69, 9.17) is 25.4 Å². The Balaban J connectivity index is 1.88. The number of methoxy groups -OCH3 is 1. The highest BCUT2D eigenvalue weighted by Gasteiger charge is 2.25. The first-order valence-corrected chi connectivity index (χ1v) is 10.3. The van der Waals surface area contributed by atoms with Gasteiger partial charge in [0.25, 0.3) is 0 Å². The minimum absolute atomic E-state index is 0.128. The van der Waals surface area contributed by atoms with Crippen LogP contribution in [0.1, 0.15) is 0 Å². The molecule has 9 nitrogen and oxygen atoms in total. The molecule has 0 saturated carbocycles. The number of halogens is 1. The van der Waals surface area contributed by atoms with Crippen molar-refractivity contribution in [3.63, 3.8) is 0 Å². The molecular weight excluding hydrogens is 417 g/mol. The van der Waals surface area contributed by atoms with E-state index in [1.807, 2.05) is 30.3 Å². The summed E-state index contributed by atoms with van der Waals surface area (Å²) in [5, 5.41) is 14.4. The monoisotopic (exact) mass is 435 g/mol. The minimum atomic E-state index is -3.41. The zero-order chi connectivity index (χ0) is 20.9. The predicted octanol–water partition coefficient (Wildman–Crippen LogP) is 4.13. The van der Waals surface area contributed by atoms with Gasteiger partial charge >= 0.3 is 7.60 Å². The van der Waals surface area contributed by atoms with Gasteiger partial charge in [0, 0.05) is 19.9 Å². The third-order valence-electron chi connectivity index (χ3n) is 3.91. The van der Waals surface area contributed by atoms with Gasteiger partial charge in [0.2, 0.25) is 5.95 Å². The average Bonchev–Trinajstić information content (AvgIpc) is 2.76. The third-order valence-corrected chi connectivity index (χ3v) is 6.04. The number of ether oxygens (including phenoxy) is 1. The number of anilines is 4. The number of hydrogen-bond acceptors (Lipinski definition) is 9. The van der Waals surface area contributed by atoms with Gasteiger partial charge < -0.3 is 24.4 Å². The van der Waals surface area contributed by atoms with Crippen molar-refractivity contribution in [3.05, 3.63) is 53.7 Å². The van der Waals surface area contributed by atoms with Crippen molar-refractivity contribution in [2.24, 2.45) is 0 Å². The number of benzene rings is 2. The molecule has 0 spiro atoms. The zero-order valence-electron chi connectivity index (χ0n) is 15.9. The molecule has 3 aromatic rings. The van der Waals surface area contributed by atoms with Crippen LogP contribution >= 0.6 is 19.2 Å². The minimum Gasteiger partial charge on any atom is -0.495 e. The van der Waals surface area contributed by atoms with Crippen LogP contribution < -0.4 is 20.7 Å². The summed E-state index contributed by atoms with van der Waals surface area (Å²) in [6, 6.07) is 14.2. The largest absolute Gasteiger partial charge is 0.495 e. The first-order chi connectivity index (χ1) is 14.0. The van der Waals surface area contributed by atoms with E-state index >= 15 is 0 Å². The van der Waals surface area contributed by atoms with E-state index in [0.717, 1.165) is 5.69 Å². The first-order valence-electron chi connectivity index (χ1n) is 8.38. The summed E-state index contributed by atoms with van der Waals surface area (Å²) in [5.41, 5.74) is 1.34. The molecule has 0 saturated heterocycles. The normalized spacial score (nSPS) is 11.2. The van der Waals surface area contributed by atoms with Crippen LogP contribution in [0.3, 0.4) is 0 Å². The van der Waals surface area contributed by atoms with Gasteiger partial charge in [0.15, 0.2) is 11.0 Å². The Hall–Kier alpha value is -2.71. The Morgan fingerprint density at radius 3 is 2.34 bits per heavy atom. The molecule has 1 heterocycles. The van der Waals surface area contributed by atoms with E-state index in [-0.39, 0.29) is 11.1 Å². The second-order valence-electron chi connectivity index (χ2n) is 5.64. The molecule has 2 N–H and O–H groups in total. The second kappa shape index (κ2) is 9.19. The van der Waals surface area contributed by atoms with E-state index in [1.54, 1.807) is 18.2 Å². The summed E-state index contributed by atoms with van der Waals surface area (Å²) in [5.74, 6) is 0.933. The van der Waals surface area contributed by atoms with Gasteiger partial charge in [-0.25, -0.2) is 0 Å². The summed E-state index contributed by atoms with van der Waals surface area (Å²) >= 11 is 6.10. The summed E-state index contributed by atoms with van der Waals surface area (Å²) < 4.78 is 28.0. The molecule has 1 aromatic heterocycles. The van der Waals surface area contributed by atoms with Crippen LogP contribution in [0.25, 0.3) is 0 Å². The number of nitrogens with one attached hydrogen (secondary N) is 2. The Morgan fingerprint density at radius 2 is 1.69 bits per heavy atom. The molecule has 0 atom stereocenters. The lowest BCUT2D eigenvalue weighted by atomic mass is 10.3. The quantitative estimate of drug-likeness (QED) is 0.505. The van der Waals surface area contributed by atoms with Crippen molar-refractivity contribution in [1.82, 2.24) is 15.2 Å². The van der Waals surface area contributed by atoms with Gasteiger partial charge in [-0.3, -0.25) is 4.57 Å². The van der Waals surface area contributed by atoms with Gasteiger partial charge in [0.1, 0.15) is 5.75 Å². The van der Waals surface area contributed by atoms with E-state index < -0.39 is 7.60 Å². The maximum absolute atomic E-state index is 12.6. The van der Waals surface area contributed by atoms with Gasteiger partial charge in [-0.05, 0) is 30.3 Å². The molecule has 0 fully saturated rings. The van der Waals surface area contributed by atoms with Crippen molar-refractivity contribution >= 4 is 47.6 Å². The Kier molecular flexibility index (Phi) is 6.66. The highest BCUT2D eigenvalue weighted by molar-refractivity contribution is 7.62. The molecule has 0 amide bonds. The standard InChI is InChI=1S/C18H19ClN5O4P/c1-26-15-11-13(29(25,27-2)28-3)9-10-14(15)21-18-22-17(16(19)23-24-18)20-12-7-5-4-6-8-12/h4-11H,1-3H3,(H2,20,21,22,24). The van der Waals surface area contributed by atoms with Crippen molar-refractivity contribution in [2.75, 3.05) is 32.0 Å². The topological polar surface area (TPSA) is 107 Å². The van der Waals surface area contributed by atoms with E-state index in [2.05, 4.69) is 25.8 Å². The predicted molar refractivity (Wildman–Crippen MR) is 112 cm³/mol. The van der Waals surface area contributed by atoms with Gasteiger partial charge in [-0.1, -0.05) is 29.8 Å². The van der Waals surface area contributed by atoms with Crippen molar-refractivity contribution in [3.8, 4) is 5.75 Å². The zero-order valence-corrected chi connectivity index (χ0v) is 17.6. The molecule has 0 bridgehead atoms. The molecule has 3 rings (SSSR count). The molecule has 0 aliphatic rings. The first kappa shape index (κ1) is 21.0. The number of aromatic nitrogens is 3. The summed E-state index contributed by atoms with van der Waals surface area (Å²) in [7, 11) is 0.710. The van der Waals surface area contributed by atoms with Crippen LogP contribution in [0.5, 0.6) is 5.75 Å². The fourth-order valence-electron chi connectivity index (χ4n) is 2.46. The fourth-order valence-corrected chi connectivity index (χ4v) is 3.69. The number of nitrogens with zero attached hydrogens (tertiary/aromatic N) is 3. The molecule has 0 aliphatic carbocycles. The Labute approximate surface area is 172 Å². The maximum Gasteiger partial charge on any atom is 0.360 e. The van der Waals surface area contributed by atoms with Crippen molar-refractivity contribution in [1.29, 1.82) is 0 Å². The van der Waals surface area contributed by atoms with Crippen LogP contribution in [-0.2, 0) is 13.6 Å². The van der Waals surface area contributed by atoms with Crippen molar-refractivity contribution in [2.45, 2.75) is 0 Å². The maximum atomic E-state index is 12.6. The fraction of sp³-hybridized carbons (Fsp3) is 0.167. The highest BCUT2D eigenvalue weighted by Crippen LogP contribution is 2.46. The second-order valence-corrected chi connectivity index (χ2v) is 8.24. The smallest absolute Gasteiger partial charge is 0.360 e. The molecule has 0 aliphatic heterocycles. The van der Waals surface area contributed by atoms with Crippen LogP contribution in [0.4, 0.5) is 23.1 Å². The summed E-state index contributed by atoms with van der Waals surface area (Å²) in [6.45, 7) is 0. The third kappa shape index (κ3) is 4.83. The van der Waals surface area contributed by atoms with Crippen molar-refractivity contribution < 1.29 is 18.3 Å². The Bertz CT molecular complexity index is 1030. The Morgan fingerprint density at radius 1 is 0.966 bits per heavy atom. The summed E-state index contributed by atoms with van der Waals surface area (Å²) in [6.07, 6.45) is 0. The van der Waals surface area contributed by atoms with Crippen LogP contribution in [0.2, 0.25) is 5.15 Å². The number of hydrogen-bond donors (Lipinski definition) is 2. The van der Waals surface area contributed by atoms with Crippen LogP contribution in [-0.4, -0.2) is 36.5 Å². The molecule has 2 aromatic carbocycles. The van der Waals surface area contributed by atoms with Gasteiger partial charge in [-0.15, -0.1) is 10.2 Å². The molecule has 152 valence electrons. The van der Waals surface area contributed by atoms with E-state index in [9.17, 15) is 4.57 Å². The lowest BCUT2D eigenvalue weighted by Gasteiger charge is -2.16. The summed E-state index contributed by atoms with van der Waals surface area (Å²) in [4.78, 5) is 4.35. The average molecular weight is 436 g/mol. The van der Waals surface area contributed by atoms with E-state index in [0.29, 0.717) is 22.6 Å². The van der Waals surface area contributed by atoms with Crippen LogP contribution in [0, 0.1) is 0 Å². The molecule has 29 heavy (non-hydrogen) atoms. The number of para-hydroxylation sites is 1. The SMILES string of the molecule is COc1cc(P(=O)(OC)OC)ccc1Nc1nnc(Cl)c(Nc2ccccc2)n1. The molecular formula is C18H19ClN5O4P. The number of rotatable bonds is 8. The molecule has 0 unspecified atom stereocenters. The molecule has 0 radical (unpaired) electrons. The van der Waals surface area contributed by atoms with Gasteiger partial charge in [-0.2, -0.15) is 4.98 Å². The van der Waals surface area contributed by atoms with E-state index in [1.165, 1.54) is 21.3 Å². The van der Waals surface area contributed by atoms with Crippen LogP contribution in [0.15, 0.2) is 48.5 Å². The molecule has 11 heteroatoms. The lowest BCUT2D eigenvalue weighted by Crippen LogP contribution is -2.10.